The normalized spacial score (nSPS) is 10.1. The monoisotopic (exact) mass is 187 g/mol. The molecule has 0 bridgehead atoms. The van der Waals surface area contributed by atoms with Gasteiger partial charge in [0.25, 0.3) is 5.56 Å². The van der Waals surface area contributed by atoms with Gasteiger partial charge in [-0.25, -0.2) is 4.98 Å². The summed E-state index contributed by atoms with van der Waals surface area (Å²) >= 11 is 0. The number of rotatable bonds is 1. The van der Waals surface area contributed by atoms with E-state index in [0.717, 1.165) is 17.0 Å². The minimum atomic E-state index is -0.195. The van der Waals surface area contributed by atoms with Crippen molar-refractivity contribution in [1.29, 1.82) is 0 Å². The number of aryl methyl sites for hydroxylation is 1. The summed E-state index contributed by atoms with van der Waals surface area (Å²) in [6.45, 7) is 1.91. The van der Waals surface area contributed by atoms with Crippen molar-refractivity contribution >= 4 is 0 Å². The van der Waals surface area contributed by atoms with Crippen molar-refractivity contribution in [3.8, 4) is 11.3 Å². The van der Waals surface area contributed by atoms with Crippen molar-refractivity contribution in [3.63, 3.8) is 0 Å². The molecule has 0 saturated carbocycles. The van der Waals surface area contributed by atoms with Crippen LogP contribution in [0.4, 0.5) is 0 Å². The highest BCUT2D eigenvalue weighted by atomic mass is 16.1. The van der Waals surface area contributed by atoms with Crippen molar-refractivity contribution < 1.29 is 0 Å². The molecule has 0 aliphatic heterocycles. The molecule has 0 aromatic carbocycles. The zero-order valence-electron chi connectivity index (χ0n) is 7.69. The van der Waals surface area contributed by atoms with Crippen molar-refractivity contribution in [3.05, 3.63) is 46.8 Å². The van der Waals surface area contributed by atoms with E-state index >= 15 is 0 Å². The predicted octanol–water partition coefficient (Wildman–Crippen LogP) is 1.14. The Balaban J connectivity index is 2.49. The summed E-state index contributed by atoms with van der Waals surface area (Å²) in [5.41, 5.74) is 2.43. The van der Waals surface area contributed by atoms with Crippen LogP contribution in [-0.4, -0.2) is 15.0 Å². The van der Waals surface area contributed by atoms with Crippen LogP contribution in [-0.2, 0) is 0 Å². The van der Waals surface area contributed by atoms with E-state index in [-0.39, 0.29) is 5.56 Å². The molecule has 0 unspecified atom stereocenters. The molecular weight excluding hydrogens is 178 g/mol. The molecule has 4 nitrogen and oxygen atoms in total. The standard InChI is InChI=1S/C10H9N3O/c1-7-4-8(2-3-11-7)9-5-13-10(14)6-12-9/h2-6H,1H3,(H,13,14). The second-order valence-corrected chi connectivity index (χ2v) is 2.98. The zero-order chi connectivity index (χ0) is 9.97. The Morgan fingerprint density at radius 3 is 2.86 bits per heavy atom. The lowest BCUT2D eigenvalue weighted by Gasteiger charge is -1.99. The SMILES string of the molecule is Cc1cc(-c2c[nH]c(=O)cn2)ccn1. The third-order valence-electron chi connectivity index (χ3n) is 1.86. The number of hydrogen-bond acceptors (Lipinski definition) is 3. The second-order valence-electron chi connectivity index (χ2n) is 2.98. The first-order valence-corrected chi connectivity index (χ1v) is 4.23. The van der Waals surface area contributed by atoms with Crippen LogP contribution in [0.15, 0.2) is 35.5 Å². The number of nitrogens with one attached hydrogen (secondary N) is 1. The van der Waals surface area contributed by atoms with E-state index in [9.17, 15) is 4.79 Å². The topological polar surface area (TPSA) is 58.6 Å². The highest BCUT2D eigenvalue weighted by molar-refractivity contribution is 5.57. The quantitative estimate of drug-likeness (QED) is 0.728. The van der Waals surface area contributed by atoms with Crippen LogP contribution in [0.3, 0.4) is 0 Å². The third-order valence-corrected chi connectivity index (χ3v) is 1.86. The molecule has 70 valence electrons. The predicted molar refractivity (Wildman–Crippen MR) is 52.8 cm³/mol. The molecule has 0 atom stereocenters. The van der Waals surface area contributed by atoms with Gasteiger partial charge in [-0.3, -0.25) is 9.78 Å². The maximum Gasteiger partial charge on any atom is 0.266 e. The fourth-order valence-corrected chi connectivity index (χ4v) is 1.20. The molecule has 1 N–H and O–H groups in total. The Hall–Kier alpha value is -1.97. The lowest BCUT2D eigenvalue weighted by atomic mass is 10.2. The molecule has 0 saturated heterocycles. The van der Waals surface area contributed by atoms with E-state index < -0.39 is 0 Å². The highest BCUT2D eigenvalue weighted by Gasteiger charge is 1.98. The van der Waals surface area contributed by atoms with Gasteiger partial charge in [-0.2, -0.15) is 0 Å². The Labute approximate surface area is 80.7 Å². The fourth-order valence-electron chi connectivity index (χ4n) is 1.20. The van der Waals surface area contributed by atoms with E-state index in [1.807, 2.05) is 19.1 Å². The van der Waals surface area contributed by atoms with Crippen molar-refractivity contribution in [2.24, 2.45) is 0 Å². The van der Waals surface area contributed by atoms with Gasteiger partial charge in [-0.05, 0) is 19.1 Å². The molecule has 2 aromatic heterocycles. The van der Waals surface area contributed by atoms with Crippen LogP contribution in [0.1, 0.15) is 5.69 Å². The molecule has 14 heavy (non-hydrogen) atoms. The van der Waals surface area contributed by atoms with Crippen molar-refractivity contribution in [2.75, 3.05) is 0 Å². The summed E-state index contributed by atoms with van der Waals surface area (Å²) in [5.74, 6) is 0. The molecule has 2 heterocycles. The Morgan fingerprint density at radius 1 is 1.36 bits per heavy atom. The molecule has 0 spiro atoms. The summed E-state index contributed by atoms with van der Waals surface area (Å²) in [6.07, 6.45) is 4.58. The molecule has 0 aliphatic rings. The highest BCUT2D eigenvalue weighted by Crippen LogP contribution is 2.13. The van der Waals surface area contributed by atoms with Crippen LogP contribution in [0.5, 0.6) is 0 Å². The van der Waals surface area contributed by atoms with Crippen LogP contribution >= 0.6 is 0 Å². The van der Waals surface area contributed by atoms with E-state index in [4.69, 9.17) is 0 Å². The van der Waals surface area contributed by atoms with Gasteiger partial charge in [0.05, 0.1) is 11.9 Å². The van der Waals surface area contributed by atoms with Gasteiger partial charge in [-0.15, -0.1) is 0 Å². The van der Waals surface area contributed by atoms with Crippen LogP contribution in [0.25, 0.3) is 11.3 Å². The average molecular weight is 187 g/mol. The summed E-state index contributed by atoms with van der Waals surface area (Å²) < 4.78 is 0. The second kappa shape index (κ2) is 3.41. The minimum Gasteiger partial charge on any atom is -0.326 e. The van der Waals surface area contributed by atoms with Crippen LogP contribution < -0.4 is 5.56 Å². The van der Waals surface area contributed by atoms with E-state index in [0.29, 0.717) is 0 Å². The molecule has 2 aromatic rings. The average Bonchev–Trinajstić information content (AvgIpc) is 2.19. The molecule has 0 fully saturated rings. The van der Waals surface area contributed by atoms with Gasteiger partial charge in [0, 0.05) is 23.7 Å². The Morgan fingerprint density at radius 2 is 2.21 bits per heavy atom. The smallest absolute Gasteiger partial charge is 0.266 e. The summed E-state index contributed by atoms with van der Waals surface area (Å²) in [4.78, 5) is 21.5. The maximum absolute atomic E-state index is 10.8. The number of hydrogen-bond donors (Lipinski definition) is 1. The fraction of sp³-hybridized carbons (Fsp3) is 0.100. The lowest BCUT2D eigenvalue weighted by Crippen LogP contribution is -2.04. The molecule has 4 heteroatoms. The molecule has 0 aliphatic carbocycles. The minimum absolute atomic E-state index is 0.195. The first-order chi connectivity index (χ1) is 6.75. The number of aromatic nitrogens is 3. The number of aromatic amines is 1. The maximum atomic E-state index is 10.8. The van der Waals surface area contributed by atoms with Gasteiger partial charge in [0.15, 0.2) is 0 Å². The van der Waals surface area contributed by atoms with Gasteiger partial charge in [0.2, 0.25) is 0 Å². The van der Waals surface area contributed by atoms with E-state index in [1.54, 1.807) is 12.4 Å². The number of H-pyrrole nitrogens is 1. The molecule has 2 rings (SSSR count). The lowest BCUT2D eigenvalue weighted by molar-refractivity contribution is 1.13. The van der Waals surface area contributed by atoms with Gasteiger partial charge >= 0.3 is 0 Å². The number of nitrogens with zero attached hydrogens (tertiary/aromatic N) is 2. The Kier molecular flexibility index (Phi) is 2.10. The van der Waals surface area contributed by atoms with Crippen molar-refractivity contribution in [2.45, 2.75) is 6.92 Å². The first-order valence-electron chi connectivity index (χ1n) is 4.23. The number of pyridine rings is 1. The van der Waals surface area contributed by atoms with Crippen LogP contribution in [0.2, 0.25) is 0 Å². The van der Waals surface area contributed by atoms with E-state index in [1.165, 1.54) is 6.20 Å². The van der Waals surface area contributed by atoms with Gasteiger partial charge in [0.1, 0.15) is 0 Å². The van der Waals surface area contributed by atoms with Gasteiger partial charge < -0.3 is 4.98 Å². The summed E-state index contributed by atoms with van der Waals surface area (Å²) in [6, 6.07) is 3.77. The largest absolute Gasteiger partial charge is 0.326 e. The van der Waals surface area contributed by atoms with Gasteiger partial charge in [-0.1, -0.05) is 0 Å². The van der Waals surface area contributed by atoms with Crippen LogP contribution in [0, 0.1) is 6.92 Å². The van der Waals surface area contributed by atoms with E-state index in [2.05, 4.69) is 15.0 Å². The molecule has 0 amide bonds. The summed E-state index contributed by atoms with van der Waals surface area (Å²) in [7, 11) is 0. The molecular formula is C10H9N3O. The third kappa shape index (κ3) is 1.69. The Bertz CT molecular complexity index is 484. The molecule has 0 radical (unpaired) electrons. The zero-order valence-corrected chi connectivity index (χ0v) is 7.69. The van der Waals surface area contributed by atoms with Crippen molar-refractivity contribution in [1.82, 2.24) is 15.0 Å². The first kappa shape index (κ1) is 8.62. The summed E-state index contributed by atoms with van der Waals surface area (Å²) in [5, 5.41) is 0.